The van der Waals surface area contributed by atoms with Gasteiger partial charge in [0, 0.05) is 30.7 Å². The molecule has 3 N–H and O–H groups in total. The number of anilines is 2. The molecule has 0 aliphatic carbocycles. The van der Waals surface area contributed by atoms with Crippen molar-refractivity contribution in [2.45, 2.75) is 6.54 Å². The van der Waals surface area contributed by atoms with E-state index in [2.05, 4.69) is 20.6 Å². The van der Waals surface area contributed by atoms with Crippen LogP contribution >= 0.6 is 0 Å². The summed E-state index contributed by atoms with van der Waals surface area (Å²) in [5.41, 5.74) is 6.32. The van der Waals surface area contributed by atoms with Crippen molar-refractivity contribution in [3.8, 4) is 0 Å². The Morgan fingerprint density at radius 2 is 2.33 bits per heavy atom. The third-order valence-electron chi connectivity index (χ3n) is 1.90. The van der Waals surface area contributed by atoms with Crippen molar-refractivity contribution >= 4 is 11.5 Å². The van der Waals surface area contributed by atoms with Gasteiger partial charge in [-0.15, -0.1) is 5.10 Å². The number of nitrogen functional groups attached to an aromatic ring is 1. The quantitative estimate of drug-likeness (QED) is 0.751. The Labute approximate surface area is 87.1 Å². The molecule has 0 unspecified atom stereocenters. The fourth-order valence-corrected chi connectivity index (χ4v) is 1.19. The predicted octanol–water partition coefficient (Wildman–Crippen LogP) is 0.367. The molecule has 0 saturated carbocycles. The fraction of sp³-hybridized carbons (Fsp3) is 0.222. The van der Waals surface area contributed by atoms with Crippen LogP contribution in [0.15, 0.2) is 30.7 Å². The lowest BCUT2D eigenvalue weighted by Gasteiger charge is -2.05. The highest BCUT2D eigenvalue weighted by Gasteiger charge is 1.94. The van der Waals surface area contributed by atoms with Crippen molar-refractivity contribution in [3.05, 3.63) is 30.7 Å². The van der Waals surface area contributed by atoms with Crippen molar-refractivity contribution in [1.82, 2.24) is 20.0 Å². The van der Waals surface area contributed by atoms with Crippen LogP contribution in [-0.4, -0.2) is 26.5 Å². The van der Waals surface area contributed by atoms with Gasteiger partial charge < -0.3 is 11.1 Å². The number of pyridine rings is 1. The Bertz CT molecular complexity index is 410. The second-order valence-electron chi connectivity index (χ2n) is 3.07. The Morgan fingerprint density at radius 1 is 1.40 bits per heavy atom. The molecule has 2 aromatic rings. The van der Waals surface area contributed by atoms with Gasteiger partial charge in [0.25, 0.3) is 0 Å². The Balaban J connectivity index is 1.83. The second-order valence-corrected chi connectivity index (χ2v) is 3.07. The first kappa shape index (κ1) is 9.45. The first-order valence-corrected chi connectivity index (χ1v) is 4.64. The van der Waals surface area contributed by atoms with Crippen LogP contribution in [0.3, 0.4) is 0 Å². The van der Waals surface area contributed by atoms with Gasteiger partial charge in [0.2, 0.25) is 0 Å². The zero-order valence-corrected chi connectivity index (χ0v) is 8.17. The minimum Gasteiger partial charge on any atom is -0.399 e. The van der Waals surface area contributed by atoms with E-state index in [1.807, 2.05) is 6.20 Å². The van der Waals surface area contributed by atoms with Gasteiger partial charge in [0.15, 0.2) is 0 Å². The van der Waals surface area contributed by atoms with Crippen molar-refractivity contribution in [2.75, 3.05) is 17.6 Å². The summed E-state index contributed by atoms with van der Waals surface area (Å²) in [6.07, 6.45) is 5.14. The maximum atomic E-state index is 5.62. The molecule has 2 heterocycles. The lowest BCUT2D eigenvalue weighted by molar-refractivity contribution is 0.608. The molecule has 0 amide bonds. The second kappa shape index (κ2) is 4.41. The van der Waals surface area contributed by atoms with Crippen LogP contribution in [0.1, 0.15) is 0 Å². The summed E-state index contributed by atoms with van der Waals surface area (Å²) in [6.45, 7) is 1.48. The lowest BCUT2D eigenvalue weighted by atomic mass is 10.4. The van der Waals surface area contributed by atoms with Crippen LogP contribution in [0.2, 0.25) is 0 Å². The number of aromatic nitrogens is 4. The number of nitrogens with two attached hydrogens (primary N) is 1. The maximum Gasteiger partial charge on any atom is 0.128 e. The summed E-state index contributed by atoms with van der Waals surface area (Å²) in [5, 5.41) is 10.7. The molecule has 6 nitrogen and oxygen atoms in total. The number of rotatable bonds is 4. The van der Waals surface area contributed by atoms with E-state index in [1.54, 1.807) is 29.2 Å². The van der Waals surface area contributed by atoms with Gasteiger partial charge in [0.05, 0.1) is 12.7 Å². The van der Waals surface area contributed by atoms with Crippen LogP contribution in [0.25, 0.3) is 0 Å². The zero-order valence-electron chi connectivity index (χ0n) is 8.17. The molecule has 0 bridgehead atoms. The number of nitrogens with one attached hydrogen (secondary N) is 1. The van der Waals surface area contributed by atoms with E-state index >= 15 is 0 Å². The Morgan fingerprint density at radius 3 is 3.07 bits per heavy atom. The summed E-state index contributed by atoms with van der Waals surface area (Å²) in [4.78, 5) is 4.12. The molecule has 0 atom stereocenters. The molecule has 0 spiro atoms. The SMILES string of the molecule is Nc1ccnc(NCCn2ccnn2)c1. The van der Waals surface area contributed by atoms with Gasteiger partial charge in [-0.3, -0.25) is 4.68 Å². The summed E-state index contributed by atoms with van der Waals surface area (Å²) in [5.74, 6) is 0.773. The molecule has 15 heavy (non-hydrogen) atoms. The summed E-state index contributed by atoms with van der Waals surface area (Å²) in [7, 11) is 0. The first-order chi connectivity index (χ1) is 7.34. The van der Waals surface area contributed by atoms with Gasteiger partial charge in [-0.1, -0.05) is 5.21 Å². The molecular weight excluding hydrogens is 192 g/mol. The molecule has 78 valence electrons. The third kappa shape index (κ3) is 2.67. The van der Waals surface area contributed by atoms with Crippen LogP contribution < -0.4 is 11.1 Å². The van der Waals surface area contributed by atoms with E-state index in [1.165, 1.54) is 0 Å². The lowest BCUT2D eigenvalue weighted by Crippen LogP contribution is -2.11. The number of hydrogen-bond donors (Lipinski definition) is 2. The van der Waals surface area contributed by atoms with E-state index in [-0.39, 0.29) is 0 Å². The first-order valence-electron chi connectivity index (χ1n) is 4.64. The largest absolute Gasteiger partial charge is 0.399 e. The highest BCUT2D eigenvalue weighted by atomic mass is 15.4. The molecule has 0 radical (unpaired) electrons. The maximum absolute atomic E-state index is 5.62. The van der Waals surface area contributed by atoms with Crippen LogP contribution in [0.4, 0.5) is 11.5 Å². The van der Waals surface area contributed by atoms with E-state index in [4.69, 9.17) is 5.73 Å². The highest BCUT2D eigenvalue weighted by Crippen LogP contribution is 2.06. The third-order valence-corrected chi connectivity index (χ3v) is 1.90. The molecule has 0 aromatic carbocycles. The van der Waals surface area contributed by atoms with Gasteiger partial charge >= 0.3 is 0 Å². The predicted molar refractivity (Wildman–Crippen MR) is 57.2 cm³/mol. The van der Waals surface area contributed by atoms with E-state index in [9.17, 15) is 0 Å². The normalized spacial score (nSPS) is 10.1. The average Bonchev–Trinajstić information content (AvgIpc) is 2.71. The topological polar surface area (TPSA) is 81.6 Å². The highest BCUT2D eigenvalue weighted by molar-refractivity contribution is 5.48. The van der Waals surface area contributed by atoms with Crippen molar-refractivity contribution in [1.29, 1.82) is 0 Å². The van der Waals surface area contributed by atoms with E-state index in [0.717, 1.165) is 18.9 Å². The molecule has 0 saturated heterocycles. The van der Waals surface area contributed by atoms with Crippen LogP contribution in [0, 0.1) is 0 Å². The molecule has 2 aromatic heterocycles. The Hall–Kier alpha value is -2.11. The minimum absolute atomic E-state index is 0.702. The molecule has 0 aliphatic heterocycles. The van der Waals surface area contributed by atoms with Gasteiger partial charge in [0.1, 0.15) is 5.82 Å². The van der Waals surface area contributed by atoms with Crippen LogP contribution in [0.5, 0.6) is 0 Å². The summed E-state index contributed by atoms with van der Waals surface area (Å²) < 4.78 is 1.75. The molecule has 0 fully saturated rings. The molecule has 0 aliphatic rings. The fourth-order valence-electron chi connectivity index (χ4n) is 1.19. The zero-order chi connectivity index (χ0) is 10.5. The van der Waals surface area contributed by atoms with Gasteiger partial charge in [-0.05, 0) is 6.07 Å². The average molecular weight is 204 g/mol. The van der Waals surface area contributed by atoms with Crippen molar-refractivity contribution < 1.29 is 0 Å². The minimum atomic E-state index is 0.702. The smallest absolute Gasteiger partial charge is 0.128 e. The molecule has 6 heteroatoms. The summed E-state index contributed by atoms with van der Waals surface area (Å²) >= 11 is 0. The monoisotopic (exact) mass is 204 g/mol. The Kier molecular flexibility index (Phi) is 2.77. The van der Waals surface area contributed by atoms with Gasteiger partial charge in [-0.2, -0.15) is 0 Å². The van der Waals surface area contributed by atoms with E-state index in [0.29, 0.717) is 5.69 Å². The van der Waals surface area contributed by atoms with Gasteiger partial charge in [-0.25, -0.2) is 4.98 Å². The molecule has 2 rings (SSSR count). The van der Waals surface area contributed by atoms with E-state index < -0.39 is 0 Å². The van der Waals surface area contributed by atoms with Crippen molar-refractivity contribution in [2.24, 2.45) is 0 Å². The van der Waals surface area contributed by atoms with Crippen LogP contribution in [-0.2, 0) is 6.54 Å². The van der Waals surface area contributed by atoms with Crippen molar-refractivity contribution in [3.63, 3.8) is 0 Å². The molecular formula is C9H12N6. The number of hydrogen-bond acceptors (Lipinski definition) is 5. The number of nitrogens with zero attached hydrogens (tertiary/aromatic N) is 4. The standard InChI is InChI=1S/C9H12N6/c10-8-1-2-11-9(7-8)12-3-5-15-6-4-13-14-15/h1-2,4,6-7H,3,5H2,(H3,10,11,12). The summed E-state index contributed by atoms with van der Waals surface area (Å²) in [6, 6.07) is 3.55.